The Morgan fingerprint density at radius 2 is 2.05 bits per heavy atom. The van der Waals surface area contributed by atoms with Crippen molar-refractivity contribution in [3.8, 4) is 5.75 Å². The molecule has 8 heteroatoms. The summed E-state index contributed by atoms with van der Waals surface area (Å²) in [4.78, 5) is 11.8. The van der Waals surface area contributed by atoms with Gasteiger partial charge in [-0.05, 0) is 26.1 Å². The van der Waals surface area contributed by atoms with Gasteiger partial charge in [0, 0.05) is 18.7 Å². The molecule has 0 saturated heterocycles. The first kappa shape index (κ1) is 18.5. The number of nitrogens with one attached hydrogen (secondary N) is 2. The van der Waals surface area contributed by atoms with Crippen LogP contribution in [0.3, 0.4) is 0 Å². The predicted molar refractivity (Wildman–Crippen MR) is 71.1 cm³/mol. The highest BCUT2D eigenvalue weighted by Crippen LogP contribution is 2.21. The summed E-state index contributed by atoms with van der Waals surface area (Å²) >= 11 is 0. The van der Waals surface area contributed by atoms with Crippen molar-refractivity contribution in [3.63, 3.8) is 0 Å². The maximum atomic E-state index is 13.0. The summed E-state index contributed by atoms with van der Waals surface area (Å²) in [6.45, 7) is -0.980. The first-order valence-electron chi connectivity index (χ1n) is 5.64. The molecule has 0 aliphatic heterocycles. The molecule has 1 amide bonds. The molecule has 1 unspecified atom stereocenters. The number of alkyl halides is 2. The Balaban J connectivity index is 0.00000361. The van der Waals surface area contributed by atoms with Crippen LogP contribution in [0.1, 0.15) is 17.3 Å². The highest BCUT2D eigenvalue weighted by Gasteiger charge is 2.17. The lowest BCUT2D eigenvalue weighted by Gasteiger charge is -2.13. The van der Waals surface area contributed by atoms with Crippen molar-refractivity contribution in [2.75, 3.05) is 13.6 Å². The van der Waals surface area contributed by atoms with Crippen molar-refractivity contribution in [1.82, 2.24) is 10.6 Å². The number of halogens is 4. The molecule has 0 aliphatic rings. The molecule has 0 aliphatic carbocycles. The fourth-order valence-electron chi connectivity index (χ4n) is 1.32. The van der Waals surface area contributed by atoms with Crippen molar-refractivity contribution < 1.29 is 22.7 Å². The van der Waals surface area contributed by atoms with Crippen LogP contribution in [0.25, 0.3) is 0 Å². The van der Waals surface area contributed by atoms with E-state index in [9.17, 15) is 18.0 Å². The first-order valence-corrected chi connectivity index (χ1v) is 5.64. The molecule has 2 N–H and O–H groups in total. The zero-order valence-electron chi connectivity index (χ0n) is 11.0. The molecular weight excluding hydrogens is 297 g/mol. The van der Waals surface area contributed by atoms with E-state index in [4.69, 9.17) is 0 Å². The summed E-state index contributed by atoms with van der Waals surface area (Å²) in [5.74, 6) is -1.84. The SMILES string of the molecule is CNC(C)CNC(=O)c1ccc(F)cc1OC(F)F.Cl. The highest BCUT2D eigenvalue weighted by molar-refractivity contribution is 5.96. The van der Waals surface area contributed by atoms with Crippen LogP contribution in [0.4, 0.5) is 13.2 Å². The lowest BCUT2D eigenvalue weighted by Crippen LogP contribution is -2.37. The molecule has 114 valence electrons. The molecule has 1 atom stereocenters. The summed E-state index contributed by atoms with van der Waals surface area (Å²) in [5, 5.41) is 5.44. The van der Waals surface area contributed by atoms with E-state index in [-0.39, 0.29) is 24.0 Å². The number of carbonyl (C=O) groups excluding carboxylic acids is 1. The first-order chi connectivity index (χ1) is 8.93. The van der Waals surface area contributed by atoms with Gasteiger partial charge in [-0.1, -0.05) is 0 Å². The molecule has 0 fully saturated rings. The highest BCUT2D eigenvalue weighted by atomic mass is 35.5. The topological polar surface area (TPSA) is 50.4 Å². The number of hydrogen-bond acceptors (Lipinski definition) is 3. The molecular formula is C12H16ClF3N2O2. The second-order valence-corrected chi connectivity index (χ2v) is 3.92. The molecule has 4 nitrogen and oxygen atoms in total. The van der Waals surface area contributed by atoms with Crippen LogP contribution in [0, 0.1) is 5.82 Å². The molecule has 1 rings (SSSR count). The van der Waals surface area contributed by atoms with Gasteiger partial charge < -0.3 is 15.4 Å². The number of likely N-dealkylation sites (N-methyl/N-ethyl adjacent to an activating group) is 1. The minimum absolute atomic E-state index is 0. The van der Waals surface area contributed by atoms with E-state index in [1.807, 2.05) is 6.92 Å². The second kappa shape index (κ2) is 8.65. The van der Waals surface area contributed by atoms with Crippen LogP contribution >= 0.6 is 12.4 Å². The van der Waals surface area contributed by atoms with Crippen LogP contribution in [-0.2, 0) is 0 Å². The minimum Gasteiger partial charge on any atom is -0.434 e. The third-order valence-electron chi connectivity index (χ3n) is 2.47. The minimum atomic E-state index is -3.12. The van der Waals surface area contributed by atoms with Crippen molar-refractivity contribution >= 4 is 18.3 Å². The Bertz CT molecular complexity index is 447. The van der Waals surface area contributed by atoms with Gasteiger partial charge in [0.25, 0.3) is 5.91 Å². The average Bonchev–Trinajstić information content (AvgIpc) is 2.35. The molecule has 1 aromatic rings. The van der Waals surface area contributed by atoms with Crippen molar-refractivity contribution in [2.24, 2.45) is 0 Å². The lowest BCUT2D eigenvalue weighted by molar-refractivity contribution is -0.0503. The molecule has 0 bridgehead atoms. The van der Waals surface area contributed by atoms with Gasteiger partial charge in [-0.2, -0.15) is 8.78 Å². The fraction of sp³-hybridized carbons (Fsp3) is 0.417. The van der Waals surface area contributed by atoms with Gasteiger partial charge in [0.2, 0.25) is 0 Å². The number of ether oxygens (including phenoxy) is 1. The Kier molecular flexibility index (Phi) is 8.02. The third-order valence-corrected chi connectivity index (χ3v) is 2.47. The van der Waals surface area contributed by atoms with Gasteiger partial charge in [-0.3, -0.25) is 4.79 Å². The summed E-state index contributed by atoms with van der Waals surface area (Å²) < 4.78 is 41.4. The van der Waals surface area contributed by atoms with Crippen molar-refractivity contribution in [2.45, 2.75) is 19.6 Å². The average molecular weight is 313 g/mol. The number of hydrogen-bond donors (Lipinski definition) is 2. The van der Waals surface area contributed by atoms with Gasteiger partial charge >= 0.3 is 6.61 Å². The molecule has 0 spiro atoms. The predicted octanol–water partition coefficient (Wildman–Crippen LogP) is 2.19. The quantitative estimate of drug-likeness (QED) is 0.846. The van der Waals surface area contributed by atoms with E-state index in [1.54, 1.807) is 7.05 Å². The second-order valence-electron chi connectivity index (χ2n) is 3.92. The van der Waals surface area contributed by atoms with E-state index in [0.29, 0.717) is 6.54 Å². The van der Waals surface area contributed by atoms with Crippen LogP contribution in [-0.4, -0.2) is 32.2 Å². The largest absolute Gasteiger partial charge is 0.434 e. The Morgan fingerprint density at radius 1 is 1.40 bits per heavy atom. The fourth-order valence-corrected chi connectivity index (χ4v) is 1.32. The molecule has 0 radical (unpaired) electrons. The van der Waals surface area contributed by atoms with E-state index >= 15 is 0 Å². The van der Waals surface area contributed by atoms with Gasteiger partial charge in [-0.25, -0.2) is 4.39 Å². The zero-order chi connectivity index (χ0) is 14.4. The molecule has 0 saturated carbocycles. The summed E-state index contributed by atoms with van der Waals surface area (Å²) in [5.41, 5.74) is -0.134. The van der Waals surface area contributed by atoms with Gasteiger partial charge in [-0.15, -0.1) is 12.4 Å². The number of amides is 1. The molecule has 1 aromatic carbocycles. The molecule has 0 aromatic heterocycles. The maximum Gasteiger partial charge on any atom is 0.387 e. The molecule has 20 heavy (non-hydrogen) atoms. The molecule has 0 heterocycles. The third kappa shape index (κ3) is 5.66. The standard InChI is InChI=1S/C12H15F3N2O2.ClH/c1-7(16-2)6-17-11(18)9-4-3-8(13)5-10(9)19-12(14)15;/h3-5,7,12,16H,6H2,1-2H3,(H,17,18);1H. The van der Waals surface area contributed by atoms with Gasteiger partial charge in [0.15, 0.2) is 0 Å². The lowest BCUT2D eigenvalue weighted by atomic mass is 10.1. The van der Waals surface area contributed by atoms with E-state index in [0.717, 1.165) is 18.2 Å². The summed E-state index contributed by atoms with van der Waals surface area (Å²) in [7, 11) is 1.72. The Labute approximate surface area is 121 Å². The summed E-state index contributed by atoms with van der Waals surface area (Å²) in [6, 6.07) is 2.88. The Hall–Kier alpha value is -1.47. The van der Waals surface area contributed by atoms with Crippen LogP contribution in [0.5, 0.6) is 5.75 Å². The van der Waals surface area contributed by atoms with E-state index in [2.05, 4.69) is 15.4 Å². The van der Waals surface area contributed by atoms with Crippen molar-refractivity contribution in [3.05, 3.63) is 29.6 Å². The van der Waals surface area contributed by atoms with Crippen LogP contribution in [0.2, 0.25) is 0 Å². The number of rotatable bonds is 6. The smallest absolute Gasteiger partial charge is 0.387 e. The monoisotopic (exact) mass is 312 g/mol. The zero-order valence-corrected chi connectivity index (χ0v) is 11.8. The van der Waals surface area contributed by atoms with Gasteiger partial charge in [0.05, 0.1) is 5.56 Å². The van der Waals surface area contributed by atoms with Gasteiger partial charge in [0.1, 0.15) is 11.6 Å². The number of benzene rings is 1. The normalized spacial score (nSPS) is 11.7. The van der Waals surface area contributed by atoms with E-state index in [1.165, 1.54) is 0 Å². The maximum absolute atomic E-state index is 13.0. The van der Waals surface area contributed by atoms with E-state index < -0.39 is 24.1 Å². The summed E-state index contributed by atoms with van der Waals surface area (Å²) in [6.07, 6.45) is 0. The Morgan fingerprint density at radius 3 is 2.60 bits per heavy atom. The van der Waals surface area contributed by atoms with Crippen molar-refractivity contribution in [1.29, 1.82) is 0 Å². The number of carbonyl (C=O) groups is 1. The van der Waals surface area contributed by atoms with Crippen LogP contribution < -0.4 is 15.4 Å². The van der Waals surface area contributed by atoms with Crippen LogP contribution in [0.15, 0.2) is 18.2 Å².